The van der Waals surface area contributed by atoms with E-state index in [9.17, 15) is 44.7 Å². The van der Waals surface area contributed by atoms with Gasteiger partial charge >= 0.3 is 18.4 Å². The molecule has 0 radical (unpaired) electrons. The molecule has 2 aliphatic rings. The van der Waals surface area contributed by atoms with Crippen molar-refractivity contribution in [3.05, 3.63) is 98.8 Å². The highest BCUT2D eigenvalue weighted by Crippen LogP contribution is 2.48. The van der Waals surface area contributed by atoms with Gasteiger partial charge in [-0.15, -0.1) is 5.10 Å². The summed E-state index contributed by atoms with van der Waals surface area (Å²) in [6.45, 7) is 0.0435. The van der Waals surface area contributed by atoms with E-state index in [0.717, 1.165) is 16.8 Å². The molecule has 0 saturated heterocycles. The fourth-order valence-corrected chi connectivity index (χ4v) is 5.47. The molecular formula is C27H15ClF8N6O2. The van der Waals surface area contributed by atoms with Crippen LogP contribution in [0.1, 0.15) is 44.3 Å². The summed E-state index contributed by atoms with van der Waals surface area (Å²) in [6, 6.07) is 3.76. The van der Waals surface area contributed by atoms with Crippen LogP contribution in [0.25, 0.3) is 5.69 Å². The van der Waals surface area contributed by atoms with Gasteiger partial charge in [-0.1, -0.05) is 16.8 Å². The quantitative estimate of drug-likeness (QED) is 0.244. The second-order valence-corrected chi connectivity index (χ2v) is 10.3. The van der Waals surface area contributed by atoms with Gasteiger partial charge < -0.3 is 10.6 Å². The van der Waals surface area contributed by atoms with Gasteiger partial charge in [0.15, 0.2) is 5.69 Å². The molecule has 0 fully saturated rings. The minimum Gasteiger partial charge on any atom is -0.327 e. The van der Waals surface area contributed by atoms with Crippen molar-refractivity contribution >= 4 is 34.9 Å². The molecule has 3 amide bonds. The van der Waals surface area contributed by atoms with Crippen LogP contribution in [0.5, 0.6) is 0 Å². The van der Waals surface area contributed by atoms with E-state index in [2.05, 4.69) is 20.9 Å². The summed E-state index contributed by atoms with van der Waals surface area (Å²) in [5, 5.41) is 11.7. The van der Waals surface area contributed by atoms with Gasteiger partial charge in [0.25, 0.3) is 5.91 Å². The highest BCUT2D eigenvalue weighted by molar-refractivity contribution is 6.31. The molecular weight excluding hydrogens is 628 g/mol. The lowest BCUT2D eigenvalue weighted by atomic mass is 9.90. The maximum Gasteiger partial charge on any atom is 0.436 e. The zero-order chi connectivity index (χ0) is 31.7. The Morgan fingerprint density at radius 1 is 1.00 bits per heavy atom. The van der Waals surface area contributed by atoms with Gasteiger partial charge in [0.05, 0.1) is 34.9 Å². The summed E-state index contributed by atoms with van der Waals surface area (Å²) in [5.74, 6) is -3.31. The van der Waals surface area contributed by atoms with Gasteiger partial charge in [0.1, 0.15) is 11.6 Å². The van der Waals surface area contributed by atoms with Crippen LogP contribution in [-0.4, -0.2) is 33.5 Å². The van der Waals surface area contributed by atoms with Crippen LogP contribution in [0.15, 0.2) is 48.7 Å². The third kappa shape index (κ3) is 5.08. The average molecular weight is 643 g/mol. The number of halogens is 9. The molecule has 3 heterocycles. The van der Waals surface area contributed by atoms with Gasteiger partial charge in [0.2, 0.25) is 0 Å². The van der Waals surface area contributed by atoms with E-state index >= 15 is 0 Å². The second-order valence-electron chi connectivity index (χ2n) is 9.86. The van der Waals surface area contributed by atoms with Crippen molar-refractivity contribution in [1.29, 1.82) is 0 Å². The molecule has 0 bridgehead atoms. The van der Waals surface area contributed by atoms with Crippen molar-refractivity contribution in [3.63, 3.8) is 0 Å². The van der Waals surface area contributed by atoms with Crippen molar-refractivity contribution in [2.45, 2.75) is 24.8 Å². The largest absolute Gasteiger partial charge is 0.436 e. The first-order valence-corrected chi connectivity index (χ1v) is 12.9. The molecule has 228 valence electrons. The van der Waals surface area contributed by atoms with Gasteiger partial charge in [-0.05, 0) is 48.9 Å². The van der Waals surface area contributed by atoms with Crippen LogP contribution >= 0.6 is 11.6 Å². The molecule has 44 heavy (non-hydrogen) atoms. The maximum atomic E-state index is 14.3. The molecule has 0 spiro atoms. The Morgan fingerprint density at radius 2 is 1.75 bits per heavy atom. The van der Waals surface area contributed by atoms with Crippen molar-refractivity contribution in [1.82, 2.24) is 20.3 Å². The Hall–Kier alpha value is -4.73. The van der Waals surface area contributed by atoms with Crippen LogP contribution in [0, 0.1) is 11.6 Å². The number of urea groups is 1. The number of carbonyl (C=O) groups excluding carboxylic acids is 2. The zero-order valence-corrected chi connectivity index (χ0v) is 22.4. The van der Waals surface area contributed by atoms with E-state index in [1.165, 1.54) is 17.0 Å². The van der Waals surface area contributed by atoms with Crippen molar-refractivity contribution < 1.29 is 44.7 Å². The number of hydrogen-bond donors (Lipinski definition) is 2. The Bertz CT molecular complexity index is 1860. The number of nitrogens with zero attached hydrogens (tertiary/aromatic N) is 4. The first kappa shape index (κ1) is 29.3. The molecule has 0 saturated carbocycles. The number of benzene rings is 3. The first-order chi connectivity index (χ1) is 20.6. The Balaban J connectivity index is 1.57. The zero-order valence-electron chi connectivity index (χ0n) is 21.6. The maximum absolute atomic E-state index is 14.3. The number of rotatable bonds is 4. The topological polar surface area (TPSA) is 92.1 Å². The van der Waals surface area contributed by atoms with E-state index < -0.39 is 58.8 Å². The van der Waals surface area contributed by atoms with Gasteiger partial charge in [0, 0.05) is 33.8 Å². The smallest absolute Gasteiger partial charge is 0.327 e. The second kappa shape index (κ2) is 10.2. The lowest BCUT2D eigenvalue weighted by Gasteiger charge is -2.35. The van der Waals surface area contributed by atoms with E-state index in [4.69, 9.17) is 11.6 Å². The van der Waals surface area contributed by atoms with E-state index in [-0.39, 0.29) is 52.2 Å². The highest BCUT2D eigenvalue weighted by atomic mass is 35.5. The molecule has 8 nitrogen and oxygen atoms in total. The molecule has 3 aromatic carbocycles. The highest BCUT2D eigenvalue weighted by Gasteiger charge is 2.42. The molecule has 17 heteroatoms. The average Bonchev–Trinajstić information content (AvgIpc) is 3.61. The minimum absolute atomic E-state index is 0.00398. The number of anilines is 2. The molecule has 2 aliphatic heterocycles. The SMILES string of the molecule is O=C(Nc1cc(-n2cc(C(F)(F)F)nn2)c2c3c1C(c1cc(F)ccc1Cl)NC(=O)N3CC2)c1cc(F)cc(C(F)(F)F)c1. The number of hydrogen-bond acceptors (Lipinski definition) is 4. The monoisotopic (exact) mass is 642 g/mol. The predicted molar refractivity (Wildman–Crippen MR) is 139 cm³/mol. The standard InChI is InChI=1S/C27H15ClF8N6O2/c28-17-2-1-13(29)8-16(17)22-21-18(37-24(43)11-5-12(26(31,32)33)7-14(30)6-11)9-19(42-10-20(39-40-42)27(34,35)36)15-3-4-41(23(15)21)25(44)38-22/h1-2,5-10,22H,3-4H2,(H,37,43)(H,38,44). The minimum atomic E-state index is -4.99. The summed E-state index contributed by atoms with van der Waals surface area (Å²) in [4.78, 5) is 27.7. The van der Waals surface area contributed by atoms with E-state index in [1.54, 1.807) is 0 Å². The van der Waals surface area contributed by atoms with Gasteiger partial charge in [-0.3, -0.25) is 9.69 Å². The van der Waals surface area contributed by atoms with Crippen LogP contribution in [-0.2, 0) is 18.8 Å². The molecule has 1 aromatic heterocycles. The number of aromatic nitrogens is 3. The van der Waals surface area contributed by atoms with Crippen molar-refractivity contribution in [3.8, 4) is 5.69 Å². The summed E-state index contributed by atoms with van der Waals surface area (Å²) in [6.07, 6.45) is -9.15. The van der Waals surface area contributed by atoms with Gasteiger partial charge in [-0.2, -0.15) is 26.3 Å². The molecule has 0 aliphatic carbocycles. The Morgan fingerprint density at radius 3 is 2.43 bits per heavy atom. The molecule has 1 unspecified atom stereocenters. The summed E-state index contributed by atoms with van der Waals surface area (Å²) >= 11 is 6.34. The normalized spacial score (nSPS) is 16.2. The fraction of sp³-hybridized carbons (Fsp3) is 0.185. The molecule has 4 aromatic rings. The summed E-state index contributed by atoms with van der Waals surface area (Å²) in [5.41, 5.74) is -3.19. The van der Waals surface area contributed by atoms with Crippen molar-refractivity contribution in [2.75, 3.05) is 16.8 Å². The molecule has 6 rings (SSSR count). The van der Waals surface area contributed by atoms with E-state index in [1.807, 2.05) is 0 Å². The Kier molecular flexibility index (Phi) is 6.79. The lowest BCUT2D eigenvalue weighted by Crippen LogP contribution is -2.46. The van der Waals surface area contributed by atoms with Gasteiger partial charge in [-0.25, -0.2) is 18.3 Å². The van der Waals surface area contributed by atoms with Crippen LogP contribution in [0.2, 0.25) is 5.02 Å². The van der Waals surface area contributed by atoms with Crippen LogP contribution < -0.4 is 15.5 Å². The molecule has 2 N–H and O–H groups in total. The Labute approximate surface area is 246 Å². The summed E-state index contributed by atoms with van der Waals surface area (Å²) in [7, 11) is 0. The number of amides is 3. The van der Waals surface area contributed by atoms with Crippen LogP contribution in [0.4, 0.5) is 51.3 Å². The van der Waals surface area contributed by atoms with Crippen LogP contribution in [0.3, 0.4) is 0 Å². The first-order valence-electron chi connectivity index (χ1n) is 12.5. The fourth-order valence-electron chi connectivity index (χ4n) is 5.24. The number of nitrogens with one attached hydrogen (secondary N) is 2. The third-order valence-electron chi connectivity index (χ3n) is 7.11. The molecule has 1 atom stereocenters. The van der Waals surface area contributed by atoms with E-state index in [0.29, 0.717) is 23.9 Å². The lowest BCUT2D eigenvalue weighted by molar-refractivity contribution is -0.141. The van der Waals surface area contributed by atoms with Crippen molar-refractivity contribution in [2.24, 2.45) is 0 Å². The number of alkyl halides is 6. The summed E-state index contributed by atoms with van der Waals surface area (Å²) < 4.78 is 109. The predicted octanol–water partition coefficient (Wildman–Crippen LogP) is 6.66. The third-order valence-corrected chi connectivity index (χ3v) is 7.46. The number of carbonyl (C=O) groups is 2.